The van der Waals surface area contributed by atoms with Gasteiger partial charge in [-0.15, -0.1) is 11.6 Å². The molecule has 0 aromatic heterocycles. The normalized spacial score (nSPS) is 11.7. The monoisotopic (exact) mass is 432 g/mol. The van der Waals surface area contributed by atoms with E-state index in [0.717, 1.165) is 5.56 Å². The molecular formula is C18H16Cl4N2O2. The number of rotatable bonds is 6. The summed E-state index contributed by atoms with van der Waals surface area (Å²) in [6.45, 7) is 1.82. The predicted molar refractivity (Wildman–Crippen MR) is 109 cm³/mol. The van der Waals surface area contributed by atoms with E-state index in [4.69, 9.17) is 46.4 Å². The topological polar surface area (TPSA) is 58.2 Å². The highest BCUT2D eigenvalue weighted by atomic mass is 35.5. The molecule has 2 aromatic rings. The first kappa shape index (κ1) is 20.8. The van der Waals surface area contributed by atoms with Crippen molar-refractivity contribution in [2.24, 2.45) is 5.92 Å². The zero-order chi connectivity index (χ0) is 19.3. The molecule has 2 rings (SSSR count). The first-order chi connectivity index (χ1) is 12.3. The molecule has 0 radical (unpaired) electrons. The van der Waals surface area contributed by atoms with Gasteiger partial charge in [0.25, 0.3) is 0 Å². The Balaban J connectivity index is 2.13. The van der Waals surface area contributed by atoms with E-state index < -0.39 is 17.7 Å². The number of hydrogen-bond donors (Lipinski definition) is 2. The third-order valence-corrected chi connectivity index (χ3v) is 4.67. The number of benzene rings is 2. The van der Waals surface area contributed by atoms with Crippen molar-refractivity contribution in [2.45, 2.75) is 13.3 Å². The van der Waals surface area contributed by atoms with Crippen LogP contribution < -0.4 is 10.6 Å². The highest BCUT2D eigenvalue weighted by Gasteiger charge is 2.26. The third kappa shape index (κ3) is 5.78. The van der Waals surface area contributed by atoms with Crippen LogP contribution in [0.5, 0.6) is 0 Å². The first-order valence-corrected chi connectivity index (χ1v) is 9.37. The van der Waals surface area contributed by atoms with Gasteiger partial charge in [0.05, 0.1) is 0 Å². The average Bonchev–Trinajstić information content (AvgIpc) is 2.54. The minimum absolute atomic E-state index is 0.154. The van der Waals surface area contributed by atoms with Crippen LogP contribution in [0.25, 0.3) is 0 Å². The van der Waals surface area contributed by atoms with Crippen molar-refractivity contribution < 1.29 is 9.59 Å². The maximum absolute atomic E-state index is 12.5. The lowest BCUT2D eigenvalue weighted by molar-refractivity contribution is -0.129. The second-order valence-electron chi connectivity index (χ2n) is 5.63. The van der Waals surface area contributed by atoms with E-state index in [-0.39, 0.29) is 12.3 Å². The van der Waals surface area contributed by atoms with Gasteiger partial charge >= 0.3 is 0 Å². The molecule has 26 heavy (non-hydrogen) atoms. The fourth-order valence-corrected chi connectivity index (χ4v) is 3.16. The number of aryl methyl sites for hydroxylation is 1. The van der Waals surface area contributed by atoms with Crippen LogP contribution in [0.4, 0.5) is 11.4 Å². The van der Waals surface area contributed by atoms with Crippen LogP contribution in [0.15, 0.2) is 36.4 Å². The minimum atomic E-state index is -0.971. The lowest BCUT2D eigenvalue weighted by atomic mass is 10.0. The second-order valence-corrected chi connectivity index (χ2v) is 7.29. The smallest absolute Gasteiger partial charge is 0.237 e. The van der Waals surface area contributed by atoms with Gasteiger partial charge in [0.15, 0.2) is 0 Å². The van der Waals surface area contributed by atoms with Crippen LogP contribution >= 0.6 is 46.4 Å². The average molecular weight is 434 g/mol. The Bertz CT molecular complexity index is 807. The van der Waals surface area contributed by atoms with E-state index in [1.54, 1.807) is 36.4 Å². The summed E-state index contributed by atoms with van der Waals surface area (Å²) < 4.78 is 0. The van der Waals surface area contributed by atoms with Gasteiger partial charge in [0.1, 0.15) is 5.92 Å². The van der Waals surface area contributed by atoms with E-state index in [0.29, 0.717) is 26.4 Å². The van der Waals surface area contributed by atoms with Crippen LogP contribution in [0.2, 0.25) is 15.1 Å². The Labute approximate surface area is 171 Å². The number of alkyl halides is 1. The Morgan fingerprint density at radius 3 is 2.04 bits per heavy atom. The van der Waals surface area contributed by atoms with Gasteiger partial charge in [-0.2, -0.15) is 0 Å². The summed E-state index contributed by atoms with van der Waals surface area (Å²) in [6.07, 6.45) is 0.181. The molecule has 0 fully saturated rings. The van der Waals surface area contributed by atoms with E-state index in [2.05, 4.69) is 10.6 Å². The molecule has 1 atom stereocenters. The number of carbonyl (C=O) groups excluding carboxylic acids is 2. The van der Waals surface area contributed by atoms with Crippen molar-refractivity contribution in [3.8, 4) is 0 Å². The van der Waals surface area contributed by atoms with Crippen LogP contribution in [-0.2, 0) is 9.59 Å². The molecule has 138 valence electrons. The van der Waals surface area contributed by atoms with Crippen molar-refractivity contribution in [3.63, 3.8) is 0 Å². The molecule has 0 aliphatic heterocycles. The lowest BCUT2D eigenvalue weighted by Crippen LogP contribution is -2.34. The Hall–Kier alpha value is -1.46. The molecule has 0 saturated carbocycles. The molecule has 8 heteroatoms. The molecule has 0 heterocycles. The Morgan fingerprint density at radius 1 is 0.923 bits per heavy atom. The highest BCUT2D eigenvalue weighted by Crippen LogP contribution is 2.24. The van der Waals surface area contributed by atoms with Gasteiger partial charge in [-0.25, -0.2) is 0 Å². The number of carbonyl (C=O) groups is 2. The zero-order valence-corrected chi connectivity index (χ0v) is 16.8. The van der Waals surface area contributed by atoms with Gasteiger partial charge < -0.3 is 10.6 Å². The highest BCUT2D eigenvalue weighted by molar-refractivity contribution is 6.35. The van der Waals surface area contributed by atoms with Crippen LogP contribution in [0, 0.1) is 12.8 Å². The lowest BCUT2D eigenvalue weighted by Gasteiger charge is -2.16. The van der Waals surface area contributed by atoms with E-state index in [9.17, 15) is 9.59 Å². The molecular weight excluding hydrogens is 418 g/mol. The molecule has 0 saturated heterocycles. The van der Waals surface area contributed by atoms with E-state index >= 15 is 0 Å². The van der Waals surface area contributed by atoms with Crippen molar-refractivity contribution in [1.82, 2.24) is 0 Å². The van der Waals surface area contributed by atoms with Crippen molar-refractivity contribution in [2.75, 3.05) is 16.5 Å². The standard InChI is InChI=1S/C18H16Cl4N2O2/c1-10-6-13(2-3-16(10)22)23-17(25)15(4-5-19)18(26)24-14-8-11(20)7-12(21)9-14/h2-3,6-9,15H,4-5H2,1H3,(H,23,25)(H,24,26). The fraction of sp³-hybridized carbons (Fsp3) is 0.222. The molecule has 1 unspecified atom stereocenters. The third-order valence-electron chi connectivity index (χ3n) is 3.59. The van der Waals surface area contributed by atoms with Crippen LogP contribution in [-0.4, -0.2) is 17.7 Å². The number of halogens is 4. The van der Waals surface area contributed by atoms with Crippen LogP contribution in [0.3, 0.4) is 0 Å². The van der Waals surface area contributed by atoms with Crippen molar-refractivity contribution in [1.29, 1.82) is 0 Å². The molecule has 0 bridgehead atoms. The summed E-state index contributed by atoms with van der Waals surface area (Å²) in [7, 11) is 0. The summed E-state index contributed by atoms with van der Waals surface area (Å²) in [4.78, 5) is 25.1. The van der Waals surface area contributed by atoms with Gasteiger partial charge in [-0.3, -0.25) is 9.59 Å². The van der Waals surface area contributed by atoms with Crippen LogP contribution in [0.1, 0.15) is 12.0 Å². The SMILES string of the molecule is Cc1cc(NC(=O)C(CCCl)C(=O)Nc2cc(Cl)cc(Cl)c2)ccc1Cl. The number of anilines is 2. The molecule has 0 aliphatic carbocycles. The summed E-state index contributed by atoms with van der Waals surface area (Å²) in [5.74, 6) is -1.77. The number of amides is 2. The molecule has 0 spiro atoms. The molecule has 2 aromatic carbocycles. The Morgan fingerprint density at radius 2 is 1.50 bits per heavy atom. The van der Waals surface area contributed by atoms with Crippen molar-refractivity contribution >= 4 is 69.6 Å². The summed E-state index contributed by atoms with van der Waals surface area (Å²) >= 11 is 23.6. The number of hydrogen-bond acceptors (Lipinski definition) is 2. The summed E-state index contributed by atoms with van der Waals surface area (Å²) in [5.41, 5.74) is 1.77. The van der Waals surface area contributed by atoms with E-state index in [1.165, 1.54) is 0 Å². The maximum atomic E-state index is 12.5. The van der Waals surface area contributed by atoms with Gasteiger partial charge in [-0.1, -0.05) is 34.8 Å². The van der Waals surface area contributed by atoms with Gasteiger partial charge in [-0.05, 0) is 55.3 Å². The fourth-order valence-electron chi connectivity index (χ4n) is 2.30. The molecule has 4 nitrogen and oxygen atoms in total. The number of nitrogens with one attached hydrogen (secondary N) is 2. The largest absolute Gasteiger partial charge is 0.325 e. The molecule has 0 aliphatic rings. The minimum Gasteiger partial charge on any atom is -0.325 e. The van der Waals surface area contributed by atoms with Gasteiger partial charge in [0.2, 0.25) is 11.8 Å². The Kier molecular flexibility index (Phi) is 7.59. The van der Waals surface area contributed by atoms with E-state index in [1.807, 2.05) is 6.92 Å². The second kappa shape index (κ2) is 9.47. The maximum Gasteiger partial charge on any atom is 0.237 e. The zero-order valence-electron chi connectivity index (χ0n) is 13.8. The molecule has 2 amide bonds. The first-order valence-electron chi connectivity index (χ1n) is 7.70. The van der Waals surface area contributed by atoms with Gasteiger partial charge in [0, 0.05) is 32.3 Å². The summed E-state index contributed by atoms with van der Waals surface area (Å²) in [6, 6.07) is 9.71. The quantitative estimate of drug-likeness (QED) is 0.448. The van der Waals surface area contributed by atoms with Crippen molar-refractivity contribution in [3.05, 3.63) is 57.0 Å². The molecule has 2 N–H and O–H groups in total. The predicted octanol–water partition coefficient (Wildman–Crippen LogP) is 5.78. The summed E-state index contributed by atoms with van der Waals surface area (Å²) in [5, 5.41) is 6.71.